The van der Waals surface area contributed by atoms with Gasteiger partial charge in [-0.15, -0.1) is 0 Å². The number of rotatable bonds is 3. The first kappa shape index (κ1) is 14.9. The highest BCUT2D eigenvalue weighted by Crippen LogP contribution is 2.25. The minimum absolute atomic E-state index is 0.0537. The fraction of sp³-hybridized carbons (Fsp3) is 0.250. The van der Waals surface area contributed by atoms with Crippen molar-refractivity contribution >= 4 is 11.6 Å². The Balaban J connectivity index is 2.22. The van der Waals surface area contributed by atoms with Crippen LogP contribution in [0.3, 0.4) is 0 Å². The lowest BCUT2D eigenvalue weighted by Crippen LogP contribution is -2.00. The third-order valence-corrected chi connectivity index (χ3v) is 3.78. The minimum Gasteiger partial charge on any atom is -0.205 e. The van der Waals surface area contributed by atoms with E-state index in [9.17, 15) is 13.2 Å². The van der Waals surface area contributed by atoms with Crippen LogP contribution in [0.25, 0.3) is 0 Å². The molecule has 4 heteroatoms. The molecule has 0 atom stereocenters. The van der Waals surface area contributed by atoms with Gasteiger partial charge in [0, 0.05) is 0 Å². The van der Waals surface area contributed by atoms with Crippen molar-refractivity contribution in [1.82, 2.24) is 0 Å². The standard InChI is InChI=1S/C16H14ClF3/c1-9-3-5-11(13(17)14(9)18)7-8-12-6-4-10(2)15(19)16(12)20/h3-6H,7-8H2,1-2H3. The molecule has 0 unspecified atom stereocenters. The van der Waals surface area contributed by atoms with E-state index in [0.717, 1.165) is 0 Å². The van der Waals surface area contributed by atoms with Crippen LogP contribution in [0.5, 0.6) is 0 Å². The molecule has 2 aromatic rings. The first-order chi connectivity index (χ1) is 9.41. The molecule has 0 saturated heterocycles. The number of hydrogen-bond acceptors (Lipinski definition) is 0. The lowest BCUT2D eigenvalue weighted by atomic mass is 10.0. The molecule has 2 aromatic carbocycles. The highest BCUT2D eigenvalue weighted by Gasteiger charge is 2.13. The summed E-state index contributed by atoms with van der Waals surface area (Å²) in [5.41, 5.74) is 1.59. The second-order valence-corrected chi connectivity index (χ2v) is 5.22. The molecule has 0 bridgehead atoms. The maximum absolute atomic E-state index is 13.7. The van der Waals surface area contributed by atoms with Gasteiger partial charge in [0.25, 0.3) is 0 Å². The summed E-state index contributed by atoms with van der Waals surface area (Å²) >= 11 is 5.92. The van der Waals surface area contributed by atoms with Gasteiger partial charge in [0.15, 0.2) is 11.6 Å². The molecule has 2 rings (SSSR count). The predicted molar refractivity (Wildman–Crippen MR) is 74.7 cm³/mol. The smallest absolute Gasteiger partial charge is 0.162 e. The molecule has 0 N–H and O–H groups in total. The Morgan fingerprint density at radius 3 is 1.90 bits per heavy atom. The van der Waals surface area contributed by atoms with Crippen LogP contribution in [-0.2, 0) is 12.8 Å². The topological polar surface area (TPSA) is 0 Å². The van der Waals surface area contributed by atoms with E-state index in [4.69, 9.17) is 11.6 Å². The van der Waals surface area contributed by atoms with E-state index in [-0.39, 0.29) is 22.6 Å². The first-order valence-corrected chi connectivity index (χ1v) is 6.66. The van der Waals surface area contributed by atoms with Gasteiger partial charge in [0.05, 0.1) is 5.02 Å². The zero-order valence-corrected chi connectivity index (χ0v) is 12.0. The lowest BCUT2D eigenvalue weighted by Gasteiger charge is -2.09. The van der Waals surface area contributed by atoms with Crippen LogP contribution >= 0.6 is 11.6 Å². The molecule has 0 nitrogen and oxygen atoms in total. The normalized spacial score (nSPS) is 10.9. The average molecular weight is 299 g/mol. The molecule has 0 heterocycles. The van der Waals surface area contributed by atoms with Crippen LogP contribution in [0.4, 0.5) is 13.2 Å². The highest BCUT2D eigenvalue weighted by atomic mass is 35.5. The molecular formula is C16H14ClF3. The summed E-state index contributed by atoms with van der Waals surface area (Å²) < 4.78 is 40.8. The van der Waals surface area contributed by atoms with E-state index >= 15 is 0 Å². The van der Waals surface area contributed by atoms with Gasteiger partial charge < -0.3 is 0 Å². The molecule has 106 valence electrons. The molecule has 0 amide bonds. The molecule has 0 fully saturated rings. The summed E-state index contributed by atoms with van der Waals surface area (Å²) in [7, 11) is 0. The van der Waals surface area contributed by atoms with Gasteiger partial charge in [-0.3, -0.25) is 0 Å². The van der Waals surface area contributed by atoms with E-state index in [1.54, 1.807) is 25.1 Å². The van der Waals surface area contributed by atoms with Crippen LogP contribution in [-0.4, -0.2) is 0 Å². The van der Waals surface area contributed by atoms with Crippen molar-refractivity contribution in [3.8, 4) is 0 Å². The molecule has 0 saturated carbocycles. The summed E-state index contributed by atoms with van der Waals surface area (Å²) in [5.74, 6) is -2.13. The fourth-order valence-electron chi connectivity index (χ4n) is 2.03. The SMILES string of the molecule is Cc1ccc(CCc2ccc(C)c(F)c2Cl)c(F)c1F. The Kier molecular flexibility index (Phi) is 4.39. The molecular weight excluding hydrogens is 285 g/mol. The van der Waals surface area contributed by atoms with Crippen molar-refractivity contribution in [3.63, 3.8) is 0 Å². The van der Waals surface area contributed by atoms with Gasteiger partial charge in [-0.25, -0.2) is 13.2 Å². The van der Waals surface area contributed by atoms with Crippen LogP contribution in [0.1, 0.15) is 22.3 Å². The van der Waals surface area contributed by atoms with Crippen molar-refractivity contribution in [2.45, 2.75) is 26.7 Å². The second kappa shape index (κ2) is 5.88. The predicted octanol–water partition coefficient (Wildman–Crippen LogP) is 5.16. The Morgan fingerprint density at radius 2 is 1.25 bits per heavy atom. The third-order valence-electron chi connectivity index (χ3n) is 3.37. The number of halogens is 4. The lowest BCUT2D eigenvalue weighted by molar-refractivity contribution is 0.493. The number of benzene rings is 2. The summed E-state index contributed by atoms with van der Waals surface area (Å²) in [6.45, 7) is 3.13. The van der Waals surface area contributed by atoms with Crippen molar-refractivity contribution in [2.24, 2.45) is 0 Å². The van der Waals surface area contributed by atoms with Crippen molar-refractivity contribution < 1.29 is 13.2 Å². The van der Waals surface area contributed by atoms with Crippen LogP contribution in [0, 0.1) is 31.3 Å². The average Bonchev–Trinajstić information content (AvgIpc) is 2.43. The number of aryl methyl sites for hydroxylation is 4. The zero-order chi connectivity index (χ0) is 14.9. The maximum atomic E-state index is 13.7. The highest BCUT2D eigenvalue weighted by molar-refractivity contribution is 6.31. The van der Waals surface area contributed by atoms with Crippen LogP contribution in [0.15, 0.2) is 24.3 Å². The van der Waals surface area contributed by atoms with Crippen molar-refractivity contribution in [1.29, 1.82) is 0 Å². The summed E-state index contributed by atoms with van der Waals surface area (Å²) in [4.78, 5) is 0. The van der Waals surface area contributed by atoms with Gasteiger partial charge >= 0.3 is 0 Å². The Bertz CT molecular complexity index is 593. The summed E-state index contributed by atoms with van der Waals surface area (Å²) in [6.07, 6.45) is 0.626. The molecule has 0 aliphatic carbocycles. The maximum Gasteiger partial charge on any atom is 0.162 e. The monoisotopic (exact) mass is 298 g/mol. The van der Waals surface area contributed by atoms with E-state index in [1.807, 2.05) is 0 Å². The molecule has 0 aromatic heterocycles. The van der Waals surface area contributed by atoms with E-state index in [0.29, 0.717) is 17.5 Å². The largest absolute Gasteiger partial charge is 0.205 e. The van der Waals surface area contributed by atoms with E-state index in [2.05, 4.69) is 0 Å². The molecule has 0 aliphatic heterocycles. The second-order valence-electron chi connectivity index (χ2n) is 4.84. The zero-order valence-electron chi connectivity index (χ0n) is 11.2. The quantitative estimate of drug-likeness (QED) is 0.734. The molecule has 0 aliphatic rings. The van der Waals surface area contributed by atoms with Gasteiger partial charge in [0.1, 0.15) is 5.82 Å². The van der Waals surface area contributed by atoms with Gasteiger partial charge in [-0.1, -0.05) is 35.9 Å². The Hall–Kier alpha value is -1.48. The molecule has 0 radical (unpaired) electrons. The molecule has 20 heavy (non-hydrogen) atoms. The Labute approximate surface area is 121 Å². The first-order valence-electron chi connectivity index (χ1n) is 6.28. The summed E-state index contributed by atoms with van der Waals surface area (Å²) in [6, 6.07) is 6.42. The van der Waals surface area contributed by atoms with Crippen LogP contribution < -0.4 is 0 Å². The van der Waals surface area contributed by atoms with Gasteiger partial charge in [0.2, 0.25) is 0 Å². The molecule has 0 spiro atoms. The van der Waals surface area contributed by atoms with E-state index in [1.165, 1.54) is 13.0 Å². The summed E-state index contributed by atoms with van der Waals surface area (Å²) in [5, 5.41) is 0.0537. The van der Waals surface area contributed by atoms with Gasteiger partial charge in [-0.2, -0.15) is 0 Å². The van der Waals surface area contributed by atoms with Gasteiger partial charge in [-0.05, 0) is 48.9 Å². The minimum atomic E-state index is -0.839. The Morgan fingerprint density at radius 1 is 0.750 bits per heavy atom. The van der Waals surface area contributed by atoms with Crippen LogP contribution in [0.2, 0.25) is 5.02 Å². The third kappa shape index (κ3) is 2.83. The fourth-order valence-corrected chi connectivity index (χ4v) is 2.33. The number of hydrogen-bond donors (Lipinski definition) is 0. The van der Waals surface area contributed by atoms with Crippen molar-refractivity contribution in [2.75, 3.05) is 0 Å². The van der Waals surface area contributed by atoms with Crippen molar-refractivity contribution in [3.05, 3.63) is 69.0 Å². The van der Waals surface area contributed by atoms with E-state index < -0.39 is 17.5 Å².